The van der Waals surface area contributed by atoms with Gasteiger partial charge in [-0.2, -0.15) is 0 Å². The molecular formula is C49H33BO5. The lowest BCUT2D eigenvalue weighted by molar-refractivity contribution is 0.380. The molecular weight excluding hydrogens is 679 g/mol. The maximum Gasteiger partial charge on any atom is 0.168 e. The van der Waals surface area contributed by atoms with Crippen LogP contribution in [0.5, 0.6) is 23.0 Å². The van der Waals surface area contributed by atoms with Gasteiger partial charge in [0.1, 0.15) is 19.0 Å². The van der Waals surface area contributed by atoms with Gasteiger partial charge >= 0.3 is 0 Å². The van der Waals surface area contributed by atoms with Crippen molar-refractivity contribution in [2.45, 2.75) is 6.42 Å². The summed E-state index contributed by atoms with van der Waals surface area (Å²) < 4.78 is 6.64. The van der Waals surface area contributed by atoms with Crippen molar-refractivity contribution in [3.63, 3.8) is 0 Å². The maximum atomic E-state index is 11.2. The van der Waals surface area contributed by atoms with E-state index in [9.17, 15) is 20.4 Å². The lowest BCUT2D eigenvalue weighted by Gasteiger charge is -2.23. The van der Waals surface area contributed by atoms with Crippen molar-refractivity contribution >= 4 is 62.9 Å². The van der Waals surface area contributed by atoms with Gasteiger partial charge in [0.05, 0.1) is 5.56 Å². The van der Waals surface area contributed by atoms with E-state index in [1.807, 2.05) is 36.4 Å². The number of fused-ring (bicyclic) bond motifs is 7. The molecule has 0 bridgehead atoms. The van der Waals surface area contributed by atoms with E-state index in [2.05, 4.69) is 109 Å². The molecule has 262 valence electrons. The third-order valence-electron chi connectivity index (χ3n) is 11.1. The van der Waals surface area contributed by atoms with Crippen LogP contribution in [0.4, 0.5) is 0 Å². The van der Waals surface area contributed by atoms with Crippen LogP contribution >= 0.6 is 0 Å². The average molecular weight is 713 g/mol. The molecule has 0 radical (unpaired) electrons. The van der Waals surface area contributed by atoms with Crippen LogP contribution < -0.4 is 5.46 Å². The molecule has 1 aromatic heterocycles. The van der Waals surface area contributed by atoms with Crippen LogP contribution in [0.1, 0.15) is 11.1 Å². The first kappa shape index (κ1) is 32.5. The fourth-order valence-electron chi connectivity index (χ4n) is 8.54. The highest BCUT2D eigenvalue weighted by Gasteiger charge is 2.27. The molecule has 0 fully saturated rings. The molecule has 0 saturated heterocycles. The highest BCUT2D eigenvalue weighted by molar-refractivity contribution is 6.37. The molecule has 4 N–H and O–H groups in total. The number of phenolic OH excluding ortho intramolecular Hbond substituents is 4. The number of hydrogen-bond acceptors (Lipinski definition) is 5. The molecule has 55 heavy (non-hydrogen) atoms. The number of benzene rings is 8. The molecule has 10 rings (SSSR count). The fraction of sp³-hybridized carbons (Fsp3) is 0.0204. The monoisotopic (exact) mass is 712 g/mol. The predicted octanol–water partition coefficient (Wildman–Crippen LogP) is 10.8. The first-order valence-electron chi connectivity index (χ1n) is 18.3. The van der Waals surface area contributed by atoms with E-state index in [1.165, 1.54) is 7.85 Å². The molecule has 6 heteroatoms. The molecule has 0 atom stereocenters. The number of phenols is 4. The summed E-state index contributed by atoms with van der Waals surface area (Å²) in [5.74, 6) is -1.93. The molecule has 0 amide bonds. The van der Waals surface area contributed by atoms with Crippen LogP contribution in [-0.2, 0) is 6.42 Å². The van der Waals surface area contributed by atoms with Crippen molar-refractivity contribution in [1.29, 1.82) is 0 Å². The van der Waals surface area contributed by atoms with E-state index in [4.69, 9.17) is 4.42 Å². The molecule has 5 nitrogen and oxygen atoms in total. The average Bonchev–Trinajstić information content (AvgIpc) is 3.42. The standard InChI is InChI=1S/C49H33BO5/c50-44-47(53)45(51)43(46(52)48(44)54)35-21-11-10-20-34(35)42-32-17-6-2-5-16-30(32)41(31-18-8-9-19-33(31)42)28-23-24-40-38(25-28)39-26-37(27-13-3-1-4-14-27)29-15-7-12-22-36(29)49(39)55-40/h1-16,18-26,51-54H,17,50H2. The third-order valence-corrected chi connectivity index (χ3v) is 11.1. The van der Waals surface area contributed by atoms with Gasteiger partial charge in [-0.05, 0) is 90.8 Å². The van der Waals surface area contributed by atoms with Gasteiger partial charge < -0.3 is 24.8 Å². The Hall–Kier alpha value is -7.18. The zero-order valence-electron chi connectivity index (χ0n) is 29.8. The van der Waals surface area contributed by atoms with Crippen LogP contribution in [0.2, 0.25) is 0 Å². The van der Waals surface area contributed by atoms with Crippen molar-refractivity contribution in [1.82, 2.24) is 0 Å². The third kappa shape index (κ3) is 4.88. The lowest BCUT2D eigenvalue weighted by atomic mass is 9.80. The van der Waals surface area contributed by atoms with Crippen molar-refractivity contribution in [2.75, 3.05) is 0 Å². The quantitative estimate of drug-likeness (QED) is 0.0828. The van der Waals surface area contributed by atoms with Gasteiger partial charge in [-0.25, -0.2) is 0 Å². The second-order valence-electron chi connectivity index (χ2n) is 14.1. The van der Waals surface area contributed by atoms with E-state index >= 15 is 0 Å². The van der Waals surface area contributed by atoms with Crippen molar-refractivity contribution in [2.24, 2.45) is 0 Å². The second kappa shape index (κ2) is 12.5. The summed E-state index contributed by atoms with van der Waals surface area (Å²) in [5.41, 5.74) is 10.4. The summed E-state index contributed by atoms with van der Waals surface area (Å²) in [6, 6.07) is 43.4. The zero-order chi connectivity index (χ0) is 37.4. The molecule has 9 aromatic rings. The number of allylic oxidation sites excluding steroid dienone is 3. The van der Waals surface area contributed by atoms with E-state index in [0.717, 1.165) is 88.0 Å². The Balaban J connectivity index is 1.27. The normalized spacial score (nSPS) is 12.5. The van der Waals surface area contributed by atoms with Gasteiger partial charge in [-0.15, -0.1) is 0 Å². The van der Waals surface area contributed by atoms with Crippen LogP contribution in [0.25, 0.3) is 94.1 Å². The summed E-state index contributed by atoms with van der Waals surface area (Å²) in [4.78, 5) is 0. The van der Waals surface area contributed by atoms with Gasteiger partial charge in [0.25, 0.3) is 0 Å². The summed E-state index contributed by atoms with van der Waals surface area (Å²) in [7, 11) is 1.44. The molecule has 0 aliphatic heterocycles. The summed E-state index contributed by atoms with van der Waals surface area (Å²) in [6.07, 6.45) is 9.03. The van der Waals surface area contributed by atoms with Gasteiger partial charge in [-0.3, -0.25) is 0 Å². The largest absolute Gasteiger partial charge is 0.505 e. The van der Waals surface area contributed by atoms with E-state index in [-0.39, 0.29) is 11.0 Å². The Kier molecular flexibility index (Phi) is 7.36. The Morgan fingerprint density at radius 3 is 1.82 bits per heavy atom. The van der Waals surface area contributed by atoms with Gasteiger partial charge in [0.15, 0.2) is 23.0 Å². The molecule has 1 aliphatic carbocycles. The predicted molar refractivity (Wildman–Crippen MR) is 227 cm³/mol. The minimum Gasteiger partial charge on any atom is -0.505 e. The first-order valence-corrected chi connectivity index (χ1v) is 18.3. The second-order valence-corrected chi connectivity index (χ2v) is 14.1. The topological polar surface area (TPSA) is 94.1 Å². The summed E-state index contributed by atoms with van der Waals surface area (Å²) in [6.45, 7) is 0. The highest BCUT2D eigenvalue weighted by atomic mass is 16.3. The van der Waals surface area contributed by atoms with E-state index in [1.54, 1.807) is 6.07 Å². The lowest BCUT2D eigenvalue weighted by Crippen LogP contribution is -2.05. The Morgan fingerprint density at radius 2 is 1.09 bits per heavy atom. The first-order chi connectivity index (χ1) is 26.9. The smallest absolute Gasteiger partial charge is 0.168 e. The minimum atomic E-state index is -0.490. The Morgan fingerprint density at radius 1 is 0.473 bits per heavy atom. The van der Waals surface area contributed by atoms with Crippen LogP contribution in [0, 0.1) is 0 Å². The van der Waals surface area contributed by atoms with Crippen LogP contribution in [0.3, 0.4) is 0 Å². The molecule has 8 aromatic carbocycles. The zero-order valence-corrected chi connectivity index (χ0v) is 29.8. The van der Waals surface area contributed by atoms with E-state index < -0.39 is 23.0 Å². The number of furan rings is 1. The number of rotatable bonds is 4. The molecule has 1 heterocycles. The van der Waals surface area contributed by atoms with Crippen molar-refractivity contribution < 1.29 is 24.8 Å². The SMILES string of the molecule is Bc1c(O)c(O)c(-c2ccccc2-c2c3c(c(-c4ccc5oc6c7ccccc7c(-c7ccccc7)cc6c5c4)c4ccccc24)C=CC=CC3)c(O)c1O. The molecule has 0 spiro atoms. The molecule has 0 unspecified atom stereocenters. The number of hydrogen-bond donors (Lipinski definition) is 4. The molecule has 1 aliphatic rings. The van der Waals surface area contributed by atoms with Crippen LogP contribution in [0.15, 0.2) is 150 Å². The Bertz CT molecular complexity index is 3090. The van der Waals surface area contributed by atoms with Gasteiger partial charge in [0.2, 0.25) is 0 Å². The Labute approximate surface area is 317 Å². The summed E-state index contributed by atoms with van der Waals surface area (Å²) >= 11 is 0. The maximum absolute atomic E-state index is 11.2. The van der Waals surface area contributed by atoms with E-state index in [0.29, 0.717) is 12.0 Å². The van der Waals surface area contributed by atoms with Crippen molar-refractivity contribution in [3.8, 4) is 67.5 Å². The van der Waals surface area contributed by atoms with Crippen molar-refractivity contribution in [3.05, 3.63) is 157 Å². The minimum absolute atomic E-state index is 0.00187. The highest BCUT2D eigenvalue weighted by Crippen LogP contribution is 2.52. The number of aromatic hydroxyl groups is 4. The summed E-state index contributed by atoms with van der Waals surface area (Å²) in [5, 5.41) is 50.3. The van der Waals surface area contributed by atoms with Gasteiger partial charge in [0, 0.05) is 21.6 Å². The van der Waals surface area contributed by atoms with Gasteiger partial charge in [-0.1, -0.05) is 133 Å². The fourth-order valence-corrected chi connectivity index (χ4v) is 8.54. The van der Waals surface area contributed by atoms with Crippen LogP contribution in [-0.4, -0.2) is 28.3 Å². The molecule has 0 saturated carbocycles.